The van der Waals surface area contributed by atoms with E-state index in [-0.39, 0.29) is 30.7 Å². The Labute approximate surface area is 293 Å². The highest BCUT2D eigenvalue weighted by Gasteiger charge is 2.49. The molecule has 5 amide bonds. The van der Waals surface area contributed by atoms with Gasteiger partial charge in [-0.3, -0.25) is 19.2 Å². The van der Waals surface area contributed by atoms with Gasteiger partial charge in [0.1, 0.15) is 12.1 Å². The molecule has 49 heavy (non-hydrogen) atoms. The Balaban J connectivity index is 1.83. The molecule has 1 saturated heterocycles. The molecule has 2 saturated carbocycles. The molecule has 278 valence electrons. The monoisotopic (exact) mass is 707 g/mol. The van der Waals surface area contributed by atoms with Crippen molar-refractivity contribution in [3.05, 3.63) is 12.7 Å². The van der Waals surface area contributed by atoms with Crippen LogP contribution in [0.1, 0.15) is 113 Å². The summed E-state index contributed by atoms with van der Waals surface area (Å²) >= 11 is 0. The Kier molecular flexibility index (Phi) is 13.2. The topological polar surface area (TPSA) is 171 Å². The first-order valence-corrected chi connectivity index (χ1v) is 19.6. The molecule has 3 fully saturated rings. The number of nitrogens with zero attached hydrogens (tertiary/aromatic N) is 1. The minimum atomic E-state index is -3.56. The van der Waals surface area contributed by atoms with Crippen molar-refractivity contribution in [2.45, 2.75) is 142 Å². The largest absolute Gasteiger partial charge is 0.346 e. The van der Waals surface area contributed by atoms with Gasteiger partial charge >= 0.3 is 6.03 Å². The van der Waals surface area contributed by atoms with Crippen LogP contribution >= 0.6 is 0 Å². The molecule has 4 N–H and O–H groups in total. The summed E-state index contributed by atoms with van der Waals surface area (Å²) in [7, 11) is -3.56. The van der Waals surface area contributed by atoms with Gasteiger partial charge in [0.2, 0.25) is 17.6 Å². The van der Waals surface area contributed by atoms with Gasteiger partial charge in [0.25, 0.3) is 5.91 Å². The van der Waals surface area contributed by atoms with Crippen molar-refractivity contribution in [2.75, 3.05) is 18.8 Å². The highest BCUT2D eigenvalue weighted by Crippen LogP contribution is 2.36. The fraction of sp³-hybridized carbons (Fsp3) is 0.806. The van der Waals surface area contributed by atoms with Gasteiger partial charge in [-0.15, -0.1) is 6.58 Å². The van der Waals surface area contributed by atoms with Crippen LogP contribution in [-0.4, -0.2) is 90.1 Å². The van der Waals surface area contributed by atoms with Gasteiger partial charge in [-0.2, -0.15) is 0 Å². The van der Waals surface area contributed by atoms with E-state index in [2.05, 4.69) is 27.8 Å². The van der Waals surface area contributed by atoms with Gasteiger partial charge < -0.3 is 26.2 Å². The van der Waals surface area contributed by atoms with Crippen LogP contribution in [0.4, 0.5) is 4.79 Å². The van der Waals surface area contributed by atoms with Crippen molar-refractivity contribution in [3.63, 3.8) is 0 Å². The molecule has 3 rings (SSSR count). The van der Waals surface area contributed by atoms with Gasteiger partial charge in [-0.25, -0.2) is 13.2 Å². The van der Waals surface area contributed by atoms with E-state index in [0.29, 0.717) is 31.6 Å². The van der Waals surface area contributed by atoms with Crippen LogP contribution in [0, 0.1) is 23.2 Å². The van der Waals surface area contributed by atoms with Gasteiger partial charge in [0.05, 0.1) is 22.1 Å². The lowest BCUT2D eigenvalue weighted by Gasteiger charge is -2.41. The molecule has 0 aromatic carbocycles. The smallest absolute Gasteiger partial charge is 0.315 e. The number of nitrogens with one attached hydrogen (secondary N) is 4. The lowest BCUT2D eigenvalue weighted by molar-refractivity contribution is -0.144. The van der Waals surface area contributed by atoms with Crippen molar-refractivity contribution in [3.8, 4) is 0 Å². The average Bonchev–Trinajstić information content (AvgIpc) is 3.77. The fourth-order valence-electron chi connectivity index (χ4n) is 6.87. The SMILES string of the molecule is C=CCNC(=O)C(=O)[C@H](CCC1CC1)NC(=O)[C@@H]1[C@@H](C)[C@@H](C)CN1C(=O)[C@@H](NC(=O)NC1(CS(=O)(=O)C(C)(C)C)CCCCC1)C(C)(C)C. The van der Waals surface area contributed by atoms with Crippen LogP contribution in [-0.2, 0) is 29.0 Å². The van der Waals surface area contributed by atoms with Crippen molar-refractivity contribution < 1.29 is 32.4 Å². The molecule has 3 aliphatic rings. The molecule has 0 radical (unpaired) electrons. The minimum absolute atomic E-state index is 0.0567. The summed E-state index contributed by atoms with van der Waals surface area (Å²) in [6.07, 6.45) is 8.14. The fourth-order valence-corrected chi connectivity index (χ4v) is 8.40. The van der Waals surface area contributed by atoms with E-state index in [1.807, 2.05) is 34.6 Å². The molecule has 12 nitrogen and oxygen atoms in total. The normalized spacial score (nSPS) is 23.9. The Hall–Kier alpha value is -2.96. The zero-order valence-corrected chi connectivity index (χ0v) is 31.8. The lowest BCUT2D eigenvalue weighted by atomic mass is 9.83. The Morgan fingerprint density at radius 1 is 0.959 bits per heavy atom. The second-order valence-electron chi connectivity index (χ2n) is 16.8. The van der Waals surface area contributed by atoms with Gasteiger partial charge in [-0.05, 0) is 69.6 Å². The van der Waals surface area contributed by atoms with Crippen LogP contribution in [0.2, 0.25) is 0 Å². The minimum Gasteiger partial charge on any atom is -0.346 e. The van der Waals surface area contributed by atoms with Crippen molar-refractivity contribution >= 4 is 39.4 Å². The molecule has 5 atom stereocenters. The summed E-state index contributed by atoms with van der Waals surface area (Å²) in [5.41, 5.74) is -1.73. The Morgan fingerprint density at radius 2 is 1.57 bits per heavy atom. The molecule has 13 heteroatoms. The molecule has 1 heterocycles. The van der Waals surface area contributed by atoms with Gasteiger partial charge in [0.15, 0.2) is 9.84 Å². The maximum Gasteiger partial charge on any atom is 0.315 e. The number of carbonyl (C=O) groups is 5. The van der Waals surface area contributed by atoms with E-state index in [9.17, 15) is 32.4 Å². The number of rotatable bonds is 14. The first-order valence-electron chi connectivity index (χ1n) is 18.0. The van der Waals surface area contributed by atoms with E-state index < -0.39 is 73.2 Å². The van der Waals surface area contributed by atoms with Crippen LogP contribution in [0.25, 0.3) is 0 Å². The number of hydrogen-bond acceptors (Lipinski definition) is 7. The number of Topliss-reactive ketones (excluding diaryl/α,β-unsaturated/α-hetero) is 1. The summed E-state index contributed by atoms with van der Waals surface area (Å²) in [5.74, 6) is -2.53. The molecule has 2 aliphatic carbocycles. The predicted octanol–water partition coefficient (Wildman–Crippen LogP) is 3.65. The van der Waals surface area contributed by atoms with Crippen molar-refractivity contribution in [1.82, 2.24) is 26.2 Å². The number of sulfone groups is 1. The third-order valence-corrected chi connectivity index (χ3v) is 13.4. The summed E-state index contributed by atoms with van der Waals surface area (Å²) < 4.78 is 25.6. The van der Waals surface area contributed by atoms with Crippen LogP contribution in [0.3, 0.4) is 0 Å². The molecule has 1 aliphatic heterocycles. The third kappa shape index (κ3) is 10.5. The molecular formula is C36H61N5O7S. The second-order valence-corrected chi connectivity index (χ2v) is 19.6. The summed E-state index contributed by atoms with van der Waals surface area (Å²) in [4.78, 5) is 69.3. The number of likely N-dealkylation sites (tertiary alicyclic amines) is 1. The van der Waals surface area contributed by atoms with Gasteiger partial charge in [-0.1, -0.05) is 72.8 Å². The van der Waals surface area contributed by atoms with E-state index >= 15 is 0 Å². The van der Waals surface area contributed by atoms with E-state index in [1.54, 1.807) is 20.8 Å². The van der Waals surface area contributed by atoms with Crippen LogP contribution in [0.15, 0.2) is 12.7 Å². The summed E-state index contributed by atoms with van der Waals surface area (Å²) in [5, 5.41) is 11.2. The molecule has 0 bridgehead atoms. The third-order valence-electron chi connectivity index (χ3n) is 10.6. The number of amides is 5. The molecule has 0 aromatic heterocycles. The quantitative estimate of drug-likeness (QED) is 0.158. The number of urea groups is 1. The van der Waals surface area contributed by atoms with Crippen molar-refractivity contribution in [2.24, 2.45) is 23.2 Å². The molecule has 0 unspecified atom stereocenters. The average molecular weight is 708 g/mol. The van der Waals surface area contributed by atoms with Crippen LogP contribution < -0.4 is 21.3 Å². The standard InChI is InChI=1S/C36H61N5O7S/c1-10-20-37-31(44)28(42)26(17-16-25-14-15-25)38-30(43)27-24(3)23(2)21-41(27)32(45)29(34(4,5)6)39-33(46)40-36(18-12-11-13-19-36)22-49(47,48)35(7,8)9/h10,23-27,29H,1,11-22H2,2-9H3,(H,37,44)(H,38,43)(H2,39,40,46)/t23-,24-,26-,27-,29+/m0/s1. The maximum absolute atomic E-state index is 14.4. The number of hydrogen-bond donors (Lipinski definition) is 4. The van der Waals surface area contributed by atoms with E-state index in [0.717, 1.165) is 32.1 Å². The lowest BCUT2D eigenvalue weighted by Crippen LogP contribution is -2.63. The zero-order valence-electron chi connectivity index (χ0n) is 30.9. The second kappa shape index (κ2) is 15.9. The van der Waals surface area contributed by atoms with Crippen LogP contribution in [0.5, 0.6) is 0 Å². The predicted molar refractivity (Wildman–Crippen MR) is 190 cm³/mol. The van der Waals surface area contributed by atoms with Gasteiger partial charge in [0, 0.05) is 13.1 Å². The highest BCUT2D eigenvalue weighted by molar-refractivity contribution is 7.92. The molecule has 0 spiro atoms. The van der Waals surface area contributed by atoms with E-state index in [4.69, 9.17) is 0 Å². The number of ketones is 1. The van der Waals surface area contributed by atoms with Crippen molar-refractivity contribution in [1.29, 1.82) is 0 Å². The Morgan fingerprint density at radius 3 is 2.10 bits per heavy atom. The highest BCUT2D eigenvalue weighted by atomic mass is 32.2. The summed E-state index contributed by atoms with van der Waals surface area (Å²) in [6.45, 7) is 18.2. The molecular weight excluding hydrogens is 646 g/mol. The maximum atomic E-state index is 14.4. The van der Waals surface area contributed by atoms with E-state index in [1.165, 1.54) is 11.0 Å². The summed E-state index contributed by atoms with van der Waals surface area (Å²) in [6, 6.07) is -3.63. The zero-order chi connectivity index (χ0) is 36.9. The first kappa shape index (κ1) is 40.5. The first-order chi connectivity index (χ1) is 22.6. The Bertz CT molecular complexity index is 1360. The molecule has 0 aromatic rings. The number of carbonyl (C=O) groups excluding carboxylic acids is 5.